The average molecular weight is 865 g/mol. The van der Waals surface area contributed by atoms with E-state index in [0.29, 0.717) is 0 Å². The van der Waals surface area contributed by atoms with Gasteiger partial charge in [-0.15, -0.1) is 22.9 Å². The Hall–Kier alpha value is -4.72. The summed E-state index contributed by atoms with van der Waals surface area (Å²) in [6, 6.07) is 73.5. The molecular weight excluding hydrogens is 827 g/mol. The Morgan fingerprint density at radius 3 is 0.820 bits per heavy atom. The van der Waals surface area contributed by atoms with Gasteiger partial charge in [0.05, 0.1) is 7.11 Å². The molecule has 0 spiro atoms. The van der Waals surface area contributed by atoms with Gasteiger partial charge in [-0.3, -0.25) is 5.92 Å². The molecule has 0 aromatic heterocycles. The zero-order chi connectivity index (χ0) is 33.8. The third-order valence-electron chi connectivity index (χ3n) is 8.40. The number of methoxy groups -OCH3 is 1. The molecule has 0 atom stereocenters. The summed E-state index contributed by atoms with van der Waals surface area (Å²) < 4.78 is 4.92. The van der Waals surface area contributed by atoms with Crippen molar-refractivity contribution >= 4 is 50.8 Å². The maximum Gasteiger partial charge on any atom is 1.00 e. The Balaban J connectivity index is 0.000000382. The van der Waals surface area contributed by atoms with Gasteiger partial charge < -0.3 is 11.2 Å². The Kier molecular flexibility index (Phi) is 13.0. The van der Waals surface area contributed by atoms with Gasteiger partial charge in [-0.2, -0.15) is 0 Å². The molecule has 0 bridgehead atoms. The molecule has 0 unspecified atom stereocenters. The fourth-order valence-electron chi connectivity index (χ4n) is 6.05. The van der Waals surface area contributed by atoms with Crippen molar-refractivity contribution in [1.82, 2.24) is 0 Å². The molecule has 0 radical (unpaired) electrons. The quantitative estimate of drug-likeness (QED) is 0.0680. The first-order valence-corrected chi connectivity index (χ1v) is 19.8. The Labute approximate surface area is 313 Å². The molecule has 0 fully saturated rings. The van der Waals surface area contributed by atoms with Crippen molar-refractivity contribution in [1.29, 1.82) is 0 Å². The van der Waals surface area contributed by atoms with Gasteiger partial charge in [-0.05, 0) is 44.0 Å². The SMILES string of the molecule is C(=P(c1ccccc1)(c1ccccc1)c1ccccc1)=P(c1ccccc1)(c1ccccc1)c1ccccc1.[Au+].[C-]#Cc1ccc(OC)cc1. The van der Waals surface area contributed by atoms with E-state index in [9.17, 15) is 0 Å². The number of rotatable bonds is 7. The summed E-state index contributed by atoms with van der Waals surface area (Å²) in [7, 11) is 1.61. The summed E-state index contributed by atoms with van der Waals surface area (Å²) in [6.07, 6.45) is 6.78. The van der Waals surface area contributed by atoms with Crippen molar-refractivity contribution in [3.8, 4) is 11.7 Å². The van der Waals surface area contributed by atoms with Crippen LogP contribution in [0.15, 0.2) is 206 Å². The molecular formula is C46H37AuOP2. The fourth-order valence-corrected chi connectivity index (χ4v) is 16.1. The number of benzene rings is 7. The number of hydrogen-bond donors (Lipinski definition) is 0. The molecule has 0 aliphatic carbocycles. The van der Waals surface area contributed by atoms with Crippen molar-refractivity contribution in [2.45, 2.75) is 0 Å². The zero-order valence-electron chi connectivity index (χ0n) is 27.7. The van der Waals surface area contributed by atoms with E-state index in [-0.39, 0.29) is 22.4 Å². The van der Waals surface area contributed by atoms with Gasteiger partial charge >= 0.3 is 22.4 Å². The molecule has 0 heterocycles. The van der Waals surface area contributed by atoms with Gasteiger partial charge in [0.2, 0.25) is 0 Å². The maximum absolute atomic E-state index is 6.78. The summed E-state index contributed by atoms with van der Waals surface area (Å²) in [5.74, 6) is 3.08. The molecule has 0 aliphatic heterocycles. The molecule has 50 heavy (non-hydrogen) atoms. The average Bonchev–Trinajstić information content (AvgIpc) is 3.21. The molecule has 4 heteroatoms. The predicted octanol–water partition coefficient (Wildman–Crippen LogP) is 8.24. The number of ether oxygens (including phenoxy) is 1. The van der Waals surface area contributed by atoms with Gasteiger partial charge in [0.25, 0.3) is 0 Å². The smallest absolute Gasteiger partial charge is 0.497 e. The van der Waals surface area contributed by atoms with Crippen LogP contribution in [0.25, 0.3) is 0 Å². The van der Waals surface area contributed by atoms with Crippen LogP contribution in [0.5, 0.6) is 5.75 Å². The van der Waals surface area contributed by atoms with Crippen LogP contribution in [0.4, 0.5) is 0 Å². The second kappa shape index (κ2) is 17.8. The van der Waals surface area contributed by atoms with Crippen molar-refractivity contribution in [2.75, 3.05) is 7.11 Å². The van der Waals surface area contributed by atoms with Crippen LogP contribution in [0.3, 0.4) is 0 Å². The van der Waals surface area contributed by atoms with E-state index < -0.39 is 13.8 Å². The largest absolute Gasteiger partial charge is 1.00 e. The van der Waals surface area contributed by atoms with Crippen LogP contribution in [-0.4, -0.2) is 12.3 Å². The van der Waals surface area contributed by atoms with Crippen LogP contribution in [0.1, 0.15) is 5.56 Å². The molecule has 0 N–H and O–H groups in total. The van der Waals surface area contributed by atoms with Crippen LogP contribution in [-0.2, 0) is 22.4 Å². The Bertz CT molecular complexity index is 1890. The van der Waals surface area contributed by atoms with E-state index in [1.54, 1.807) is 31.4 Å². The minimum atomic E-state index is -2.37. The van der Waals surface area contributed by atoms with Crippen molar-refractivity contribution < 1.29 is 27.1 Å². The fraction of sp³-hybridized carbons (Fsp3) is 0.0217. The van der Waals surface area contributed by atoms with Crippen LogP contribution >= 0.6 is 13.8 Å². The summed E-state index contributed by atoms with van der Waals surface area (Å²) >= 11 is 0. The topological polar surface area (TPSA) is 9.23 Å². The molecule has 0 aliphatic rings. The maximum atomic E-state index is 6.78. The molecule has 0 saturated carbocycles. The van der Waals surface area contributed by atoms with Crippen molar-refractivity contribution in [3.05, 3.63) is 218 Å². The zero-order valence-corrected chi connectivity index (χ0v) is 31.7. The van der Waals surface area contributed by atoms with Crippen molar-refractivity contribution in [3.63, 3.8) is 0 Å². The molecule has 248 valence electrons. The summed E-state index contributed by atoms with van der Waals surface area (Å²) in [5.41, 5.74) is 0.765. The Morgan fingerprint density at radius 1 is 0.380 bits per heavy atom. The van der Waals surface area contributed by atoms with E-state index >= 15 is 0 Å². The van der Waals surface area contributed by atoms with Gasteiger partial charge in [-0.25, -0.2) is 0 Å². The number of hydrogen-bond acceptors (Lipinski definition) is 1. The minimum absolute atomic E-state index is 0. The standard InChI is InChI=1S/C37H30P2.C9H7O.Au/c1-7-19-32(20-8-1)38(33-21-9-2-10-22-33,34-23-11-3-12-24-34)31-39(35-25-13-4-14-26-35,36-27-15-5-16-28-36)37-29-17-6-18-30-37;1-3-8-4-6-9(10-2)7-5-8;/h1-30H;4-7H,2H3;/q;-1;+1. The monoisotopic (exact) mass is 864 g/mol. The first-order valence-electron chi connectivity index (χ1n) is 16.2. The third kappa shape index (κ3) is 7.85. The van der Waals surface area contributed by atoms with Gasteiger partial charge in [0.15, 0.2) is 0 Å². The molecule has 7 aromatic rings. The summed E-state index contributed by atoms with van der Waals surface area (Å²) in [6.45, 7) is -4.74. The van der Waals surface area contributed by atoms with Crippen LogP contribution < -0.4 is 36.6 Å². The van der Waals surface area contributed by atoms with Gasteiger partial charge in [0, 0.05) is 13.8 Å². The first-order chi connectivity index (χ1) is 24.2. The van der Waals surface area contributed by atoms with Crippen LogP contribution in [0.2, 0.25) is 0 Å². The minimum Gasteiger partial charge on any atom is -0.497 e. The summed E-state index contributed by atoms with van der Waals surface area (Å²) in [5, 5.41) is 12.5. The molecule has 7 aromatic carbocycles. The second-order valence-electron chi connectivity index (χ2n) is 11.3. The van der Waals surface area contributed by atoms with Crippen LogP contribution in [0, 0.1) is 12.3 Å². The second-order valence-corrected chi connectivity index (χ2v) is 17.9. The molecule has 0 saturated heterocycles. The first kappa shape index (κ1) is 36.6. The normalized spacial score (nSPS) is 10.6. The van der Waals surface area contributed by atoms with Crippen molar-refractivity contribution in [2.24, 2.45) is 0 Å². The Morgan fingerprint density at radius 2 is 0.620 bits per heavy atom. The van der Waals surface area contributed by atoms with E-state index in [4.69, 9.17) is 11.2 Å². The van der Waals surface area contributed by atoms with E-state index in [0.717, 1.165) is 11.3 Å². The van der Waals surface area contributed by atoms with Gasteiger partial charge in [0.1, 0.15) is 5.75 Å². The third-order valence-corrected chi connectivity index (χ3v) is 17.2. The molecule has 7 rings (SSSR count). The van der Waals surface area contributed by atoms with E-state index in [1.165, 1.54) is 31.8 Å². The van der Waals surface area contributed by atoms with E-state index in [2.05, 4.69) is 193 Å². The predicted molar refractivity (Wildman–Crippen MR) is 215 cm³/mol. The van der Waals surface area contributed by atoms with E-state index in [1.807, 2.05) is 0 Å². The molecule has 0 amide bonds. The molecule has 1 nitrogen and oxygen atoms in total. The van der Waals surface area contributed by atoms with Gasteiger partial charge in [-0.1, -0.05) is 182 Å². The summed E-state index contributed by atoms with van der Waals surface area (Å²) in [4.78, 5) is 0.